The van der Waals surface area contributed by atoms with Crippen molar-refractivity contribution in [2.24, 2.45) is 11.8 Å². The number of nitrogens with one attached hydrogen (secondary N) is 1. The van der Waals surface area contributed by atoms with Gasteiger partial charge in [-0.2, -0.15) is 0 Å². The van der Waals surface area contributed by atoms with Crippen LogP contribution in [0.5, 0.6) is 0 Å². The largest absolute Gasteiger partial charge is 0.371 e. The van der Waals surface area contributed by atoms with Crippen molar-refractivity contribution < 1.29 is 4.79 Å². The zero-order valence-electron chi connectivity index (χ0n) is 12.1. The number of carbonyl (C=O) groups is 1. The summed E-state index contributed by atoms with van der Waals surface area (Å²) in [5.41, 5.74) is 1.92. The Kier molecular flexibility index (Phi) is 4.46. The van der Waals surface area contributed by atoms with Crippen LogP contribution < -0.4 is 10.2 Å². The van der Waals surface area contributed by atoms with Crippen molar-refractivity contribution in [2.45, 2.75) is 27.2 Å². The van der Waals surface area contributed by atoms with Gasteiger partial charge in [0.2, 0.25) is 0 Å². The van der Waals surface area contributed by atoms with Gasteiger partial charge in [0.1, 0.15) is 0 Å². The first kappa shape index (κ1) is 13.9. The first-order valence-corrected chi connectivity index (χ1v) is 7.23. The van der Waals surface area contributed by atoms with Crippen molar-refractivity contribution in [3.63, 3.8) is 0 Å². The van der Waals surface area contributed by atoms with Gasteiger partial charge in [0.05, 0.1) is 0 Å². The average molecular weight is 260 g/mol. The molecule has 0 aliphatic carbocycles. The summed E-state index contributed by atoms with van der Waals surface area (Å²) in [5.74, 6) is 1.45. The summed E-state index contributed by atoms with van der Waals surface area (Å²) >= 11 is 0. The highest BCUT2D eigenvalue weighted by Gasteiger charge is 2.22. The van der Waals surface area contributed by atoms with Crippen LogP contribution in [0.3, 0.4) is 0 Å². The molecule has 1 saturated heterocycles. The lowest BCUT2D eigenvalue weighted by Gasteiger charge is -2.36. The van der Waals surface area contributed by atoms with Crippen LogP contribution in [0.15, 0.2) is 24.3 Å². The maximum atomic E-state index is 11.9. The van der Waals surface area contributed by atoms with Crippen LogP contribution in [0.2, 0.25) is 0 Å². The number of amides is 1. The summed E-state index contributed by atoms with van der Waals surface area (Å²) < 4.78 is 0. The van der Waals surface area contributed by atoms with E-state index in [9.17, 15) is 4.79 Å². The molecule has 0 saturated carbocycles. The van der Waals surface area contributed by atoms with Crippen molar-refractivity contribution in [1.29, 1.82) is 0 Å². The van der Waals surface area contributed by atoms with Crippen LogP contribution in [0.25, 0.3) is 0 Å². The number of rotatable bonds is 3. The van der Waals surface area contributed by atoms with Gasteiger partial charge in [-0.05, 0) is 43.4 Å². The first-order chi connectivity index (χ1) is 9.10. The Balaban J connectivity index is 2.16. The molecule has 0 radical (unpaired) electrons. The van der Waals surface area contributed by atoms with Gasteiger partial charge in [-0.3, -0.25) is 4.79 Å². The summed E-state index contributed by atoms with van der Waals surface area (Å²) in [5, 5.41) is 2.85. The number of benzene rings is 1. The van der Waals surface area contributed by atoms with Crippen molar-refractivity contribution in [3.05, 3.63) is 29.8 Å². The minimum absolute atomic E-state index is 0.0162. The number of hydrogen-bond acceptors (Lipinski definition) is 2. The first-order valence-electron chi connectivity index (χ1n) is 7.23. The maximum Gasteiger partial charge on any atom is 0.251 e. The smallest absolute Gasteiger partial charge is 0.251 e. The van der Waals surface area contributed by atoms with Gasteiger partial charge in [0, 0.05) is 30.9 Å². The average Bonchev–Trinajstić information content (AvgIpc) is 2.38. The number of carbonyl (C=O) groups excluding carboxylic acids is 1. The molecular formula is C16H24N2O. The second-order valence-corrected chi connectivity index (χ2v) is 5.76. The third-order valence-electron chi connectivity index (χ3n) is 3.68. The monoisotopic (exact) mass is 260 g/mol. The van der Waals surface area contributed by atoms with Crippen molar-refractivity contribution >= 4 is 11.6 Å². The van der Waals surface area contributed by atoms with E-state index in [0.717, 1.165) is 30.5 Å². The molecule has 1 aromatic rings. The van der Waals surface area contributed by atoms with E-state index in [1.807, 2.05) is 25.1 Å². The van der Waals surface area contributed by atoms with Gasteiger partial charge >= 0.3 is 0 Å². The zero-order chi connectivity index (χ0) is 13.8. The fourth-order valence-electron chi connectivity index (χ4n) is 2.98. The van der Waals surface area contributed by atoms with Crippen molar-refractivity contribution in [2.75, 3.05) is 24.5 Å². The highest BCUT2D eigenvalue weighted by atomic mass is 16.1. The minimum Gasteiger partial charge on any atom is -0.371 e. The molecule has 1 aromatic carbocycles. The number of nitrogens with zero attached hydrogens (tertiary/aromatic N) is 1. The van der Waals surface area contributed by atoms with E-state index in [1.54, 1.807) is 0 Å². The predicted octanol–water partition coefficient (Wildman–Crippen LogP) is 2.92. The van der Waals surface area contributed by atoms with Crippen molar-refractivity contribution in [3.8, 4) is 0 Å². The van der Waals surface area contributed by atoms with Crippen LogP contribution in [0, 0.1) is 11.8 Å². The van der Waals surface area contributed by atoms with Gasteiger partial charge in [-0.1, -0.05) is 19.9 Å². The standard InChI is InChI=1S/C16H24N2O/c1-4-17-16(19)14-6-5-7-15(9-14)18-10-12(2)8-13(3)11-18/h5-7,9,12-13H,4,8,10-11H2,1-3H3,(H,17,19). The molecule has 0 aromatic heterocycles. The molecule has 3 nitrogen and oxygen atoms in total. The molecule has 1 fully saturated rings. The normalized spacial score (nSPS) is 23.2. The maximum absolute atomic E-state index is 11.9. The Labute approximate surface area is 116 Å². The lowest BCUT2D eigenvalue weighted by molar-refractivity contribution is 0.0956. The van der Waals surface area contributed by atoms with Gasteiger partial charge in [0.25, 0.3) is 5.91 Å². The Bertz CT molecular complexity index is 434. The molecule has 1 aliphatic heterocycles. The predicted molar refractivity (Wildman–Crippen MR) is 79.6 cm³/mol. The highest BCUT2D eigenvalue weighted by molar-refractivity contribution is 5.95. The van der Waals surface area contributed by atoms with Gasteiger partial charge < -0.3 is 10.2 Å². The van der Waals surface area contributed by atoms with E-state index >= 15 is 0 Å². The lowest BCUT2D eigenvalue weighted by Crippen LogP contribution is -2.38. The fraction of sp³-hybridized carbons (Fsp3) is 0.562. The zero-order valence-corrected chi connectivity index (χ0v) is 12.1. The molecule has 2 unspecified atom stereocenters. The molecular weight excluding hydrogens is 236 g/mol. The van der Waals surface area contributed by atoms with Crippen molar-refractivity contribution in [1.82, 2.24) is 5.32 Å². The number of anilines is 1. The summed E-state index contributed by atoms with van der Waals surface area (Å²) in [6, 6.07) is 7.97. The molecule has 0 spiro atoms. The second kappa shape index (κ2) is 6.09. The molecule has 104 valence electrons. The fourth-order valence-corrected chi connectivity index (χ4v) is 2.98. The molecule has 1 N–H and O–H groups in total. The van der Waals surface area contributed by atoms with Crippen LogP contribution >= 0.6 is 0 Å². The van der Waals surface area contributed by atoms with Gasteiger partial charge in [0.15, 0.2) is 0 Å². The molecule has 19 heavy (non-hydrogen) atoms. The second-order valence-electron chi connectivity index (χ2n) is 5.76. The number of piperidine rings is 1. The Morgan fingerprint density at radius 3 is 2.63 bits per heavy atom. The summed E-state index contributed by atoms with van der Waals surface area (Å²) in [6.07, 6.45) is 1.30. The quantitative estimate of drug-likeness (QED) is 0.906. The molecule has 0 bridgehead atoms. The molecule has 2 rings (SSSR count). The third-order valence-corrected chi connectivity index (χ3v) is 3.68. The minimum atomic E-state index is 0.0162. The molecule has 1 heterocycles. The van der Waals surface area contributed by atoms with Crippen LogP contribution in [-0.2, 0) is 0 Å². The molecule has 1 amide bonds. The molecule has 3 heteroatoms. The SMILES string of the molecule is CCNC(=O)c1cccc(N2CC(C)CC(C)C2)c1. The Hall–Kier alpha value is -1.51. The van der Waals surface area contributed by atoms with Crippen LogP contribution in [-0.4, -0.2) is 25.5 Å². The Morgan fingerprint density at radius 1 is 1.32 bits per heavy atom. The summed E-state index contributed by atoms with van der Waals surface area (Å²) in [6.45, 7) is 9.38. The molecule has 1 aliphatic rings. The van der Waals surface area contributed by atoms with Gasteiger partial charge in [-0.25, -0.2) is 0 Å². The van der Waals surface area contributed by atoms with E-state index in [0.29, 0.717) is 6.54 Å². The van der Waals surface area contributed by atoms with Crippen LogP contribution in [0.1, 0.15) is 37.6 Å². The molecule has 2 atom stereocenters. The van der Waals surface area contributed by atoms with Crippen LogP contribution in [0.4, 0.5) is 5.69 Å². The highest BCUT2D eigenvalue weighted by Crippen LogP contribution is 2.26. The third kappa shape index (κ3) is 3.49. The Morgan fingerprint density at radius 2 is 2.00 bits per heavy atom. The number of hydrogen-bond donors (Lipinski definition) is 1. The topological polar surface area (TPSA) is 32.3 Å². The lowest BCUT2D eigenvalue weighted by atomic mass is 9.91. The van der Waals surface area contributed by atoms with E-state index < -0.39 is 0 Å². The van der Waals surface area contributed by atoms with Gasteiger partial charge in [-0.15, -0.1) is 0 Å². The van der Waals surface area contributed by atoms with E-state index in [1.165, 1.54) is 12.1 Å². The summed E-state index contributed by atoms with van der Waals surface area (Å²) in [7, 11) is 0. The summed E-state index contributed by atoms with van der Waals surface area (Å²) in [4.78, 5) is 14.3. The van der Waals surface area contributed by atoms with E-state index in [-0.39, 0.29) is 5.91 Å². The van der Waals surface area contributed by atoms with E-state index in [2.05, 4.69) is 30.1 Å². The van der Waals surface area contributed by atoms with E-state index in [4.69, 9.17) is 0 Å².